The van der Waals surface area contributed by atoms with E-state index in [2.05, 4.69) is 47.8 Å². The molecule has 2 N–H and O–H groups in total. The van der Waals surface area contributed by atoms with Crippen LogP contribution in [0.25, 0.3) is 0 Å². The molecule has 1 saturated carbocycles. The van der Waals surface area contributed by atoms with Crippen molar-refractivity contribution in [2.75, 3.05) is 0 Å². The number of hydrogen-bond donors (Lipinski definition) is 1. The summed E-state index contributed by atoms with van der Waals surface area (Å²) in [6.07, 6.45) is 9.66. The molecule has 2 unspecified atom stereocenters. The molecule has 1 heterocycles. The zero-order valence-electron chi connectivity index (χ0n) is 12.2. The van der Waals surface area contributed by atoms with Crippen LogP contribution in [-0.2, 0) is 6.42 Å². The third-order valence-corrected chi connectivity index (χ3v) is 4.85. The van der Waals surface area contributed by atoms with Crippen LogP contribution in [0.3, 0.4) is 0 Å². The van der Waals surface area contributed by atoms with Gasteiger partial charge in [-0.25, -0.2) is 0 Å². The molecule has 0 spiro atoms. The number of aromatic nitrogens is 1. The lowest BCUT2D eigenvalue weighted by molar-refractivity contribution is 0.0792. The Hall–Kier alpha value is -0.410. The SMILES string of the molecule is CC(C)(C)C1CCCCC1(N)Cc1cncc(Br)c1. The highest BCUT2D eigenvalue weighted by atomic mass is 79.9. The lowest BCUT2D eigenvalue weighted by Gasteiger charge is -2.48. The maximum atomic E-state index is 6.83. The third kappa shape index (κ3) is 3.57. The molecule has 2 nitrogen and oxygen atoms in total. The lowest BCUT2D eigenvalue weighted by atomic mass is 9.61. The van der Waals surface area contributed by atoms with E-state index in [0.29, 0.717) is 5.92 Å². The van der Waals surface area contributed by atoms with Crippen molar-refractivity contribution in [3.8, 4) is 0 Å². The van der Waals surface area contributed by atoms with Crippen molar-refractivity contribution in [2.24, 2.45) is 17.1 Å². The van der Waals surface area contributed by atoms with Gasteiger partial charge in [-0.3, -0.25) is 4.98 Å². The molecule has 0 aliphatic heterocycles. The van der Waals surface area contributed by atoms with Gasteiger partial charge in [-0.05, 0) is 58.2 Å². The van der Waals surface area contributed by atoms with E-state index in [1.165, 1.54) is 24.8 Å². The predicted octanol–water partition coefficient (Wildman–Crippen LogP) is 4.32. The average molecular weight is 325 g/mol. The second kappa shape index (κ2) is 5.53. The highest BCUT2D eigenvalue weighted by molar-refractivity contribution is 9.10. The van der Waals surface area contributed by atoms with Crippen molar-refractivity contribution in [1.82, 2.24) is 4.98 Å². The molecule has 0 amide bonds. The fraction of sp³-hybridized carbons (Fsp3) is 0.688. The van der Waals surface area contributed by atoms with E-state index in [-0.39, 0.29) is 11.0 Å². The van der Waals surface area contributed by atoms with Crippen LogP contribution >= 0.6 is 15.9 Å². The standard InChI is InChI=1S/C16H25BrN2/c1-15(2,3)14-6-4-5-7-16(14,18)9-12-8-13(17)11-19-10-12/h8,10-11,14H,4-7,9,18H2,1-3H3. The van der Waals surface area contributed by atoms with Gasteiger partial charge in [-0.2, -0.15) is 0 Å². The summed E-state index contributed by atoms with van der Waals surface area (Å²) in [5.74, 6) is 0.577. The van der Waals surface area contributed by atoms with Crippen molar-refractivity contribution in [3.63, 3.8) is 0 Å². The summed E-state index contributed by atoms with van der Waals surface area (Å²) in [5.41, 5.74) is 8.26. The van der Waals surface area contributed by atoms with E-state index in [9.17, 15) is 0 Å². The second-order valence-corrected chi connectivity index (χ2v) is 8.00. The van der Waals surface area contributed by atoms with E-state index in [1.807, 2.05) is 12.4 Å². The number of nitrogens with two attached hydrogens (primary N) is 1. The van der Waals surface area contributed by atoms with Crippen LogP contribution in [0.2, 0.25) is 0 Å². The van der Waals surface area contributed by atoms with E-state index in [0.717, 1.165) is 17.3 Å². The molecule has 19 heavy (non-hydrogen) atoms. The molecule has 3 heteroatoms. The Kier molecular flexibility index (Phi) is 4.36. The van der Waals surface area contributed by atoms with E-state index >= 15 is 0 Å². The highest BCUT2D eigenvalue weighted by Crippen LogP contribution is 2.44. The molecule has 2 rings (SSSR count). The molecule has 0 saturated heterocycles. The molecule has 1 fully saturated rings. The number of rotatable bonds is 2. The Labute approximate surface area is 125 Å². The summed E-state index contributed by atoms with van der Waals surface area (Å²) >= 11 is 3.50. The number of nitrogens with zero attached hydrogens (tertiary/aromatic N) is 1. The van der Waals surface area contributed by atoms with Crippen molar-refractivity contribution < 1.29 is 0 Å². The van der Waals surface area contributed by atoms with Crippen molar-refractivity contribution in [3.05, 3.63) is 28.5 Å². The Morgan fingerprint density at radius 1 is 1.37 bits per heavy atom. The molecule has 2 atom stereocenters. The van der Waals surface area contributed by atoms with Crippen molar-refractivity contribution >= 4 is 15.9 Å². The van der Waals surface area contributed by atoms with Crippen molar-refractivity contribution in [1.29, 1.82) is 0 Å². The van der Waals surface area contributed by atoms with Crippen LogP contribution in [0.1, 0.15) is 52.0 Å². The van der Waals surface area contributed by atoms with Gasteiger partial charge in [0.15, 0.2) is 0 Å². The Balaban J connectivity index is 2.23. The van der Waals surface area contributed by atoms with Crippen LogP contribution in [0.5, 0.6) is 0 Å². The van der Waals surface area contributed by atoms with Gasteiger partial charge in [0.25, 0.3) is 0 Å². The van der Waals surface area contributed by atoms with E-state index in [4.69, 9.17) is 5.73 Å². The molecular formula is C16H25BrN2. The molecule has 1 aromatic rings. The molecule has 0 radical (unpaired) electrons. The van der Waals surface area contributed by atoms with Gasteiger partial charge in [0, 0.05) is 22.4 Å². The normalized spacial score (nSPS) is 28.4. The predicted molar refractivity (Wildman–Crippen MR) is 84.0 cm³/mol. The quantitative estimate of drug-likeness (QED) is 0.879. The molecular weight excluding hydrogens is 300 g/mol. The van der Waals surface area contributed by atoms with Gasteiger partial charge >= 0.3 is 0 Å². The van der Waals surface area contributed by atoms with Gasteiger partial charge in [0.2, 0.25) is 0 Å². The molecule has 1 aliphatic carbocycles. The third-order valence-electron chi connectivity index (χ3n) is 4.42. The molecule has 0 bridgehead atoms. The minimum Gasteiger partial charge on any atom is -0.325 e. The molecule has 0 aromatic carbocycles. The van der Waals surface area contributed by atoms with Gasteiger partial charge in [-0.15, -0.1) is 0 Å². The van der Waals surface area contributed by atoms with Crippen LogP contribution in [0.4, 0.5) is 0 Å². The number of pyridine rings is 1. The molecule has 106 valence electrons. The minimum absolute atomic E-state index is 0.0844. The largest absolute Gasteiger partial charge is 0.325 e. The van der Waals surface area contributed by atoms with E-state index in [1.54, 1.807) is 0 Å². The maximum absolute atomic E-state index is 6.83. The first-order chi connectivity index (χ1) is 8.81. The molecule has 1 aromatic heterocycles. The highest BCUT2D eigenvalue weighted by Gasteiger charge is 2.43. The number of halogens is 1. The fourth-order valence-electron chi connectivity index (χ4n) is 3.70. The summed E-state index contributed by atoms with van der Waals surface area (Å²) in [6.45, 7) is 6.97. The van der Waals surface area contributed by atoms with Gasteiger partial charge in [0.1, 0.15) is 0 Å². The Morgan fingerprint density at radius 2 is 2.11 bits per heavy atom. The first-order valence-electron chi connectivity index (χ1n) is 7.20. The lowest BCUT2D eigenvalue weighted by Crippen LogP contribution is -2.55. The Bertz CT molecular complexity index is 439. The minimum atomic E-state index is -0.0844. The second-order valence-electron chi connectivity index (χ2n) is 7.09. The summed E-state index contributed by atoms with van der Waals surface area (Å²) < 4.78 is 1.04. The van der Waals surface area contributed by atoms with Crippen LogP contribution < -0.4 is 5.73 Å². The summed E-state index contributed by atoms with van der Waals surface area (Å²) in [7, 11) is 0. The van der Waals surface area contributed by atoms with Crippen LogP contribution in [0, 0.1) is 11.3 Å². The van der Waals surface area contributed by atoms with Crippen LogP contribution in [-0.4, -0.2) is 10.5 Å². The average Bonchev–Trinajstić information content (AvgIpc) is 2.27. The molecule has 1 aliphatic rings. The monoisotopic (exact) mass is 324 g/mol. The first-order valence-corrected chi connectivity index (χ1v) is 7.99. The first kappa shape index (κ1) is 15.0. The summed E-state index contributed by atoms with van der Waals surface area (Å²) in [4.78, 5) is 4.27. The fourth-order valence-corrected chi connectivity index (χ4v) is 4.12. The Morgan fingerprint density at radius 3 is 2.74 bits per heavy atom. The zero-order chi connectivity index (χ0) is 14.1. The zero-order valence-corrected chi connectivity index (χ0v) is 13.8. The van der Waals surface area contributed by atoms with Crippen LogP contribution in [0.15, 0.2) is 22.9 Å². The van der Waals surface area contributed by atoms with E-state index < -0.39 is 0 Å². The summed E-state index contributed by atoms with van der Waals surface area (Å²) in [6, 6.07) is 2.15. The smallest absolute Gasteiger partial charge is 0.0410 e. The topological polar surface area (TPSA) is 38.9 Å². The summed E-state index contributed by atoms with van der Waals surface area (Å²) in [5, 5.41) is 0. The van der Waals surface area contributed by atoms with Gasteiger partial charge in [0.05, 0.1) is 0 Å². The van der Waals surface area contributed by atoms with Gasteiger partial charge in [-0.1, -0.05) is 33.6 Å². The van der Waals surface area contributed by atoms with Crippen molar-refractivity contribution in [2.45, 2.75) is 58.4 Å². The van der Waals surface area contributed by atoms with Gasteiger partial charge < -0.3 is 5.73 Å². The maximum Gasteiger partial charge on any atom is 0.0410 e. The number of hydrogen-bond acceptors (Lipinski definition) is 2.